The number of hydrogen-bond acceptors (Lipinski definition) is 5. The van der Waals surface area contributed by atoms with E-state index >= 15 is 0 Å². The Labute approximate surface area is 152 Å². The number of sulfonamides is 1. The Morgan fingerprint density at radius 3 is 2.56 bits per heavy atom. The third kappa shape index (κ3) is 4.92. The van der Waals surface area contributed by atoms with Crippen LogP contribution in [0, 0.1) is 0 Å². The van der Waals surface area contributed by atoms with Gasteiger partial charge in [-0.3, -0.25) is 0 Å². The smallest absolute Gasteiger partial charge is 0.244 e. The van der Waals surface area contributed by atoms with Gasteiger partial charge in [-0.2, -0.15) is 4.31 Å². The van der Waals surface area contributed by atoms with Gasteiger partial charge in [0.1, 0.15) is 4.90 Å². The Morgan fingerprint density at radius 2 is 1.88 bits per heavy atom. The molecule has 132 valence electrons. The Morgan fingerprint density at radius 1 is 1.12 bits per heavy atom. The van der Waals surface area contributed by atoms with Crippen LogP contribution in [0.5, 0.6) is 0 Å². The molecule has 1 aliphatic heterocycles. The van der Waals surface area contributed by atoms with E-state index < -0.39 is 10.0 Å². The lowest BCUT2D eigenvalue weighted by Gasteiger charge is -2.25. The monoisotopic (exact) mass is 376 g/mol. The molecule has 0 spiro atoms. The Bertz CT molecular complexity index is 800. The molecule has 0 amide bonds. The highest BCUT2D eigenvalue weighted by atomic mass is 32.2. The first-order valence-electron chi connectivity index (χ1n) is 8.04. The molecule has 2 heterocycles. The molecular formula is C18H20N2O3S2. The number of thioether (sulfide) groups is 1. The normalized spacial score (nSPS) is 16.3. The van der Waals surface area contributed by atoms with Crippen molar-refractivity contribution in [3.05, 3.63) is 60.3 Å². The van der Waals surface area contributed by atoms with Crippen LogP contribution in [0.25, 0.3) is 6.08 Å². The van der Waals surface area contributed by atoms with Crippen molar-refractivity contribution < 1.29 is 13.2 Å². The molecular weight excluding hydrogens is 356 g/mol. The van der Waals surface area contributed by atoms with E-state index in [1.807, 2.05) is 30.3 Å². The van der Waals surface area contributed by atoms with Crippen molar-refractivity contribution in [1.82, 2.24) is 9.29 Å². The molecule has 0 saturated carbocycles. The number of pyridine rings is 1. The maximum Gasteiger partial charge on any atom is 0.244 e. The zero-order valence-corrected chi connectivity index (χ0v) is 15.4. The Kier molecular flexibility index (Phi) is 6.25. The van der Waals surface area contributed by atoms with Crippen molar-refractivity contribution in [3.8, 4) is 0 Å². The molecule has 1 aromatic heterocycles. The summed E-state index contributed by atoms with van der Waals surface area (Å²) in [5.41, 5.74) is 1.16. The number of aromatic nitrogens is 1. The largest absolute Gasteiger partial charge is 0.379 e. The van der Waals surface area contributed by atoms with Crippen LogP contribution in [0.3, 0.4) is 0 Å². The van der Waals surface area contributed by atoms with Crippen LogP contribution in [0.4, 0.5) is 0 Å². The SMILES string of the molecule is O=S(=O)(c1ccc(SC/C=C/c2ccccc2)nc1)N1CCOCC1. The summed E-state index contributed by atoms with van der Waals surface area (Å²) < 4.78 is 31.7. The summed E-state index contributed by atoms with van der Waals surface area (Å²) in [5, 5.41) is 0.804. The van der Waals surface area contributed by atoms with Gasteiger partial charge in [0, 0.05) is 25.0 Å². The van der Waals surface area contributed by atoms with Crippen LogP contribution in [0.1, 0.15) is 5.56 Å². The topological polar surface area (TPSA) is 59.5 Å². The molecule has 1 aliphatic rings. The second-order valence-corrected chi connectivity index (χ2v) is 8.45. The van der Waals surface area contributed by atoms with E-state index in [-0.39, 0.29) is 4.90 Å². The molecule has 0 unspecified atom stereocenters. The molecule has 2 aromatic rings. The predicted molar refractivity (Wildman–Crippen MR) is 100 cm³/mol. The molecule has 0 N–H and O–H groups in total. The van der Waals surface area contributed by atoms with Gasteiger partial charge in [0.05, 0.1) is 18.2 Å². The second kappa shape index (κ2) is 8.62. The molecule has 25 heavy (non-hydrogen) atoms. The fourth-order valence-electron chi connectivity index (χ4n) is 2.42. The molecule has 3 rings (SSSR count). The minimum Gasteiger partial charge on any atom is -0.379 e. The highest BCUT2D eigenvalue weighted by Crippen LogP contribution is 2.20. The van der Waals surface area contributed by atoms with Crippen molar-refractivity contribution in [2.45, 2.75) is 9.92 Å². The van der Waals surface area contributed by atoms with E-state index in [4.69, 9.17) is 4.74 Å². The average Bonchev–Trinajstić information content (AvgIpc) is 2.67. The van der Waals surface area contributed by atoms with E-state index in [0.29, 0.717) is 26.3 Å². The quantitative estimate of drug-likeness (QED) is 0.726. The zero-order valence-electron chi connectivity index (χ0n) is 13.7. The van der Waals surface area contributed by atoms with Crippen molar-refractivity contribution in [2.24, 2.45) is 0 Å². The minimum atomic E-state index is -3.47. The molecule has 0 atom stereocenters. The number of morpholine rings is 1. The van der Waals surface area contributed by atoms with Crippen LogP contribution in [-0.2, 0) is 14.8 Å². The fourth-order valence-corrected chi connectivity index (χ4v) is 4.43. The van der Waals surface area contributed by atoms with Crippen molar-refractivity contribution in [3.63, 3.8) is 0 Å². The first-order chi connectivity index (χ1) is 12.2. The number of rotatable bonds is 6. The van der Waals surface area contributed by atoms with Gasteiger partial charge in [0.15, 0.2) is 0 Å². The van der Waals surface area contributed by atoms with Gasteiger partial charge >= 0.3 is 0 Å². The molecule has 0 bridgehead atoms. The van der Waals surface area contributed by atoms with Gasteiger partial charge in [0.25, 0.3) is 0 Å². The van der Waals surface area contributed by atoms with Crippen LogP contribution < -0.4 is 0 Å². The Hall–Kier alpha value is -1.67. The molecule has 1 saturated heterocycles. The molecule has 1 aromatic carbocycles. The lowest BCUT2D eigenvalue weighted by atomic mass is 10.2. The second-order valence-electron chi connectivity index (χ2n) is 5.47. The first-order valence-corrected chi connectivity index (χ1v) is 10.5. The molecule has 7 heteroatoms. The van der Waals surface area contributed by atoms with Crippen molar-refractivity contribution in [2.75, 3.05) is 32.1 Å². The number of benzene rings is 1. The highest BCUT2D eigenvalue weighted by Gasteiger charge is 2.26. The summed E-state index contributed by atoms with van der Waals surface area (Å²) >= 11 is 1.57. The third-order valence-electron chi connectivity index (χ3n) is 3.75. The van der Waals surface area contributed by atoms with E-state index in [1.165, 1.54) is 10.5 Å². The lowest BCUT2D eigenvalue weighted by molar-refractivity contribution is 0.0730. The number of ether oxygens (including phenoxy) is 1. The van der Waals surface area contributed by atoms with Gasteiger partial charge in [0.2, 0.25) is 10.0 Å². The molecule has 0 radical (unpaired) electrons. The Balaban J connectivity index is 1.57. The van der Waals surface area contributed by atoms with Crippen LogP contribution in [0.2, 0.25) is 0 Å². The van der Waals surface area contributed by atoms with Gasteiger partial charge in [-0.15, -0.1) is 11.8 Å². The molecule has 0 aliphatic carbocycles. The maximum absolute atomic E-state index is 12.5. The van der Waals surface area contributed by atoms with Crippen LogP contribution in [-0.4, -0.2) is 49.8 Å². The average molecular weight is 377 g/mol. The lowest BCUT2D eigenvalue weighted by Crippen LogP contribution is -2.40. The fraction of sp³-hybridized carbons (Fsp3) is 0.278. The van der Waals surface area contributed by atoms with E-state index in [1.54, 1.807) is 23.9 Å². The first kappa shape index (κ1) is 18.1. The van der Waals surface area contributed by atoms with Gasteiger partial charge in [-0.25, -0.2) is 13.4 Å². The zero-order chi connectivity index (χ0) is 17.5. The van der Waals surface area contributed by atoms with Crippen LogP contribution >= 0.6 is 11.8 Å². The van der Waals surface area contributed by atoms with Crippen molar-refractivity contribution in [1.29, 1.82) is 0 Å². The summed E-state index contributed by atoms with van der Waals surface area (Å²) in [6, 6.07) is 13.5. The van der Waals surface area contributed by atoms with Gasteiger partial charge in [-0.05, 0) is 17.7 Å². The summed E-state index contributed by atoms with van der Waals surface area (Å²) in [4.78, 5) is 4.51. The van der Waals surface area contributed by atoms with E-state index in [2.05, 4.69) is 17.1 Å². The summed E-state index contributed by atoms with van der Waals surface area (Å²) in [6.07, 6.45) is 5.57. The minimum absolute atomic E-state index is 0.235. The number of hydrogen-bond donors (Lipinski definition) is 0. The standard InChI is InChI=1S/C18H20N2O3S2/c21-25(22,20-10-12-23-13-11-20)17-8-9-18(19-15-17)24-14-4-7-16-5-2-1-3-6-16/h1-9,15H,10-14H2/b7-4+. The van der Waals surface area contributed by atoms with E-state index in [0.717, 1.165) is 16.3 Å². The van der Waals surface area contributed by atoms with Crippen LogP contribution in [0.15, 0.2) is 64.7 Å². The summed E-state index contributed by atoms with van der Waals surface area (Å²) in [6.45, 7) is 1.66. The number of nitrogens with zero attached hydrogens (tertiary/aromatic N) is 2. The maximum atomic E-state index is 12.5. The van der Waals surface area contributed by atoms with Crippen molar-refractivity contribution >= 4 is 27.9 Å². The summed E-state index contributed by atoms with van der Waals surface area (Å²) in [5.74, 6) is 0.775. The third-order valence-corrected chi connectivity index (χ3v) is 6.53. The predicted octanol–water partition coefficient (Wildman–Crippen LogP) is 2.91. The van der Waals surface area contributed by atoms with Gasteiger partial charge in [-0.1, -0.05) is 42.5 Å². The van der Waals surface area contributed by atoms with Gasteiger partial charge < -0.3 is 4.74 Å². The van der Waals surface area contributed by atoms with E-state index in [9.17, 15) is 8.42 Å². The molecule has 1 fully saturated rings. The highest BCUT2D eigenvalue weighted by molar-refractivity contribution is 7.99. The molecule has 5 nitrogen and oxygen atoms in total. The summed E-state index contributed by atoms with van der Waals surface area (Å²) in [7, 11) is -3.47.